The van der Waals surface area contributed by atoms with Crippen LogP contribution in [0.3, 0.4) is 0 Å². The molecule has 0 heterocycles. The van der Waals surface area contributed by atoms with E-state index >= 15 is 0 Å². The highest BCUT2D eigenvalue weighted by Crippen LogP contribution is 2.29. The maximum atomic E-state index is 13.8. The second kappa shape index (κ2) is 7.34. The van der Waals surface area contributed by atoms with Crippen LogP contribution in [0.15, 0.2) is 18.2 Å². The number of anilines is 1. The molecule has 0 bridgehead atoms. The number of benzene rings is 1. The lowest BCUT2D eigenvalue weighted by molar-refractivity contribution is 0.194. The zero-order valence-corrected chi connectivity index (χ0v) is 11.1. The van der Waals surface area contributed by atoms with Gasteiger partial charge in [-0.05, 0) is 25.5 Å². The van der Waals surface area contributed by atoms with Crippen LogP contribution >= 0.6 is 0 Å². The van der Waals surface area contributed by atoms with Crippen LogP contribution in [-0.4, -0.2) is 29.9 Å². The molecule has 1 aromatic rings. The molecule has 1 aromatic carbocycles. The molecule has 18 heavy (non-hydrogen) atoms. The van der Waals surface area contributed by atoms with Crippen molar-refractivity contribution in [2.24, 2.45) is 0 Å². The van der Waals surface area contributed by atoms with Gasteiger partial charge in [0.1, 0.15) is 5.82 Å². The lowest BCUT2D eigenvalue weighted by Gasteiger charge is -2.27. The predicted octanol–water partition coefficient (Wildman–Crippen LogP) is 2.48. The predicted molar refractivity (Wildman–Crippen MR) is 71.2 cm³/mol. The van der Waals surface area contributed by atoms with Crippen molar-refractivity contribution in [3.05, 3.63) is 29.6 Å². The minimum Gasteiger partial charge on any atom is -0.395 e. The van der Waals surface area contributed by atoms with Crippen LogP contribution < -0.4 is 4.90 Å². The van der Waals surface area contributed by atoms with Gasteiger partial charge in [-0.25, -0.2) is 4.39 Å². The number of nitrogens with zero attached hydrogens (tertiary/aromatic N) is 1. The van der Waals surface area contributed by atoms with Gasteiger partial charge in [-0.15, -0.1) is 0 Å². The third-order valence-corrected chi connectivity index (χ3v) is 2.94. The summed E-state index contributed by atoms with van der Waals surface area (Å²) in [6.45, 7) is 4.85. The number of rotatable bonds is 7. The highest BCUT2D eigenvalue weighted by atomic mass is 19.1. The van der Waals surface area contributed by atoms with E-state index in [0.29, 0.717) is 17.8 Å². The van der Waals surface area contributed by atoms with Crippen LogP contribution in [0.5, 0.6) is 0 Å². The summed E-state index contributed by atoms with van der Waals surface area (Å²) in [5.74, 6) is -0.401. The smallest absolute Gasteiger partial charge is 0.131 e. The summed E-state index contributed by atoms with van der Waals surface area (Å²) in [6.07, 6.45) is 1.14. The largest absolute Gasteiger partial charge is 0.395 e. The Kier molecular flexibility index (Phi) is 6.09. The molecule has 0 saturated heterocycles. The Morgan fingerprint density at radius 2 is 2.06 bits per heavy atom. The van der Waals surface area contributed by atoms with Crippen molar-refractivity contribution in [2.75, 3.05) is 24.6 Å². The molecule has 0 amide bonds. The van der Waals surface area contributed by atoms with E-state index < -0.39 is 11.9 Å². The quantitative estimate of drug-likeness (QED) is 0.786. The topological polar surface area (TPSA) is 43.7 Å². The zero-order valence-electron chi connectivity index (χ0n) is 11.1. The van der Waals surface area contributed by atoms with Gasteiger partial charge in [0.25, 0.3) is 0 Å². The number of aliphatic hydroxyl groups is 2. The lowest BCUT2D eigenvalue weighted by Crippen LogP contribution is -2.29. The highest BCUT2D eigenvalue weighted by Gasteiger charge is 2.17. The summed E-state index contributed by atoms with van der Waals surface area (Å²) in [5, 5.41) is 18.8. The molecule has 0 aliphatic carbocycles. The van der Waals surface area contributed by atoms with Gasteiger partial charge in [-0.1, -0.05) is 19.4 Å². The van der Waals surface area contributed by atoms with E-state index in [-0.39, 0.29) is 6.61 Å². The van der Waals surface area contributed by atoms with Gasteiger partial charge in [0.05, 0.1) is 12.7 Å². The molecule has 0 radical (unpaired) electrons. The summed E-state index contributed by atoms with van der Waals surface area (Å²) in [6, 6.07) is 4.77. The molecule has 3 nitrogen and oxygen atoms in total. The third kappa shape index (κ3) is 3.68. The van der Waals surface area contributed by atoms with E-state index in [4.69, 9.17) is 5.11 Å². The maximum absolute atomic E-state index is 13.8. The Hall–Kier alpha value is -1.13. The molecule has 4 heteroatoms. The standard InChI is InChI=1S/C14H22FNO2/c1-3-4-8-16(9-10-17)13-7-5-6-12(15)14(13)11(2)18/h5-7,11,17-18H,3-4,8-10H2,1-2H3/t11-/m1/s1. The van der Waals surface area contributed by atoms with Crippen molar-refractivity contribution in [3.63, 3.8) is 0 Å². The van der Waals surface area contributed by atoms with Crippen molar-refractivity contribution in [1.82, 2.24) is 0 Å². The van der Waals surface area contributed by atoms with Crippen molar-refractivity contribution in [3.8, 4) is 0 Å². The molecule has 1 atom stereocenters. The first-order valence-electron chi connectivity index (χ1n) is 6.44. The van der Waals surface area contributed by atoms with Gasteiger partial charge in [-0.3, -0.25) is 0 Å². The molecule has 0 unspecified atom stereocenters. The summed E-state index contributed by atoms with van der Waals surface area (Å²) < 4.78 is 13.8. The number of hydrogen-bond donors (Lipinski definition) is 2. The first-order chi connectivity index (χ1) is 8.61. The van der Waals surface area contributed by atoms with Crippen molar-refractivity contribution in [1.29, 1.82) is 0 Å². The average molecular weight is 255 g/mol. The number of hydrogen-bond acceptors (Lipinski definition) is 3. The first-order valence-corrected chi connectivity index (χ1v) is 6.44. The Balaban J connectivity index is 3.06. The molecule has 0 aliphatic heterocycles. The van der Waals surface area contributed by atoms with Crippen LogP contribution in [-0.2, 0) is 0 Å². The molecule has 0 saturated carbocycles. The fraction of sp³-hybridized carbons (Fsp3) is 0.571. The third-order valence-electron chi connectivity index (χ3n) is 2.94. The Bertz CT molecular complexity index is 369. The Labute approximate surface area is 108 Å². The van der Waals surface area contributed by atoms with Crippen LogP contribution in [0, 0.1) is 5.82 Å². The summed E-state index contributed by atoms with van der Waals surface area (Å²) in [5.41, 5.74) is 0.981. The van der Waals surface area contributed by atoms with Gasteiger partial charge in [0, 0.05) is 24.3 Å². The van der Waals surface area contributed by atoms with Gasteiger partial charge in [-0.2, -0.15) is 0 Å². The van der Waals surface area contributed by atoms with Crippen molar-refractivity contribution in [2.45, 2.75) is 32.8 Å². The lowest BCUT2D eigenvalue weighted by atomic mass is 10.1. The molecular formula is C14H22FNO2. The van der Waals surface area contributed by atoms with E-state index in [9.17, 15) is 9.50 Å². The molecule has 0 aromatic heterocycles. The van der Waals surface area contributed by atoms with E-state index in [1.165, 1.54) is 6.07 Å². The molecule has 2 N–H and O–H groups in total. The number of halogens is 1. The monoisotopic (exact) mass is 255 g/mol. The second-order valence-electron chi connectivity index (χ2n) is 4.41. The van der Waals surface area contributed by atoms with Gasteiger partial charge < -0.3 is 15.1 Å². The number of unbranched alkanes of at least 4 members (excludes halogenated alkanes) is 1. The Morgan fingerprint density at radius 3 is 2.61 bits per heavy atom. The Morgan fingerprint density at radius 1 is 1.33 bits per heavy atom. The van der Waals surface area contributed by atoms with Crippen LogP contribution in [0.1, 0.15) is 38.4 Å². The van der Waals surface area contributed by atoms with E-state index in [0.717, 1.165) is 19.4 Å². The average Bonchev–Trinajstić information content (AvgIpc) is 2.33. The molecule has 102 valence electrons. The maximum Gasteiger partial charge on any atom is 0.131 e. The molecule has 0 spiro atoms. The summed E-state index contributed by atoms with van der Waals surface area (Å²) in [7, 11) is 0. The number of aliphatic hydroxyl groups excluding tert-OH is 2. The SMILES string of the molecule is CCCCN(CCO)c1cccc(F)c1[C@@H](C)O. The van der Waals surface area contributed by atoms with Crippen molar-refractivity contribution >= 4 is 5.69 Å². The van der Waals surface area contributed by atoms with Gasteiger partial charge in [0.15, 0.2) is 0 Å². The van der Waals surface area contributed by atoms with Gasteiger partial charge >= 0.3 is 0 Å². The summed E-state index contributed by atoms with van der Waals surface area (Å²) in [4.78, 5) is 1.93. The minimum absolute atomic E-state index is 0.0134. The fourth-order valence-electron chi connectivity index (χ4n) is 2.04. The second-order valence-corrected chi connectivity index (χ2v) is 4.41. The van der Waals surface area contributed by atoms with E-state index in [1.54, 1.807) is 19.1 Å². The normalized spacial score (nSPS) is 12.5. The molecule has 0 fully saturated rings. The van der Waals surface area contributed by atoms with E-state index in [2.05, 4.69) is 6.92 Å². The first kappa shape index (κ1) is 14.9. The molecule has 0 aliphatic rings. The van der Waals surface area contributed by atoms with Crippen molar-refractivity contribution < 1.29 is 14.6 Å². The molecular weight excluding hydrogens is 233 g/mol. The zero-order chi connectivity index (χ0) is 13.5. The van der Waals surface area contributed by atoms with Crippen LogP contribution in [0.4, 0.5) is 10.1 Å². The van der Waals surface area contributed by atoms with Crippen LogP contribution in [0.2, 0.25) is 0 Å². The minimum atomic E-state index is -0.857. The molecule has 1 rings (SSSR count). The highest BCUT2D eigenvalue weighted by molar-refractivity contribution is 5.55. The van der Waals surface area contributed by atoms with E-state index in [1.807, 2.05) is 4.90 Å². The van der Waals surface area contributed by atoms with Gasteiger partial charge in [0.2, 0.25) is 0 Å². The summed E-state index contributed by atoms with van der Waals surface area (Å²) >= 11 is 0. The fourth-order valence-corrected chi connectivity index (χ4v) is 2.04. The van der Waals surface area contributed by atoms with Crippen LogP contribution in [0.25, 0.3) is 0 Å².